The second kappa shape index (κ2) is 7.82. The van der Waals surface area contributed by atoms with Crippen molar-refractivity contribution in [3.8, 4) is 16.2 Å². The zero-order valence-electron chi connectivity index (χ0n) is 13.7. The van der Waals surface area contributed by atoms with E-state index in [1.807, 2.05) is 0 Å². The number of carboxylic acid groups (broad SMARTS) is 1. The number of carboxylic acids is 1. The minimum Gasteiger partial charge on any atom is -0.480 e. The molecule has 1 aromatic heterocycles. The second-order valence-electron chi connectivity index (χ2n) is 5.92. The van der Waals surface area contributed by atoms with Crippen LogP contribution in [0.1, 0.15) is 28.9 Å². The lowest BCUT2D eigenvalue weighted by Crippen LogP contribution is -2.47. The molecule has 26 heavy (non-hydrogen) atoms. The fraction of sp³-hybridized carbons (Fsp3) is 0.333. The van der Waals surface area contributed by atoms with Crippen LogP contribution in [0.15, 0.2) is 36.4 Å². The van der Waals surface area contributed by atoms with Gasteiger partial charge in [0.25, 0.3) is 5.91 Å². The summed E-state index contributed by atoms with van der Waals surface area (Å²) in [7, 11) is 0. The van der Waals surface area contributed by atoms with Gasteiger partial charge in [-0.2, -0.15) is 8.78 Å². The van der Waals surface area contributed by atoms with Crippen molar-refractivity contribution in [2.24, 2.45) is 0 Å². The fourth-order valence-electron chi connectivity index (χ4n) is 2.98. The summed E-state index contributed by atoms with van der Waals surface area (Å²) in [4.78, 5) is 26.8. The highest BCUT2D eigenvalue weighted by molar-refractivity contribution is 7.17. The Balaban J connectivity index is 1.76. The molecule has 1 N–H and O–H groups in total. The van der Waals surface area contributed by atoms with Crippen LogP contribution in [0, 0.1) is 0 Å². The van der Waals surface area contributed by atoms with E-state index in [4.69, 9.17) is 0 Å². The summed E-state index contributed by atoms with van der Waals surface area (Å²) < 4.78 is 28.7. The largest absolute Gasteiger partial charge is 0.480 e. The van der Waals surface area contributed by atoms with Gasteiger partial charge in [0.2, 0.25) is 0 Å². The Labute approximate surface area is 152 Å². The molecule has 1 amide bonds. The van der Waals surface area contributed by atoms with Crippen LogP contribution in [0.3, 0.4) is 0 Å². The Hall–Kier alpha value is -2.48. The molecule has 1 saturated heterocycles. The van der Waals surface area contributed by atoms with Crippen molar-refractivity contribution in [1.82, 2.24) is 4.90 Å². The third-order valence-electron chi connectivity index (χ3n) is 4.23. The summed E-state index contributed by atoms with van der Waals surface area (Å²) in [5.41, 5.74) is 0.768. The van der Waals surface area contributed by atoms with Gasteiger partial charge in [0.1, 0.15) is 11.8 Å². The average Bonchev–Trinajstić information content (AvgIpc) is 3.11. The van der Waals surface area contributed by atoms with Crippen molar-refractivity contribution in [3.05, 3.63) is 41.3 Å². The van der Waals surface area contributed by atoms with Crippen LogP contribution in [0.4, 0.5) is 8.78 Å². The van der Waals surface area contributed by atoms with E-state index in [1.54, 1.807) is 24.3 Å². The van der Waals surface area contributed by atoms with E-state index in [2.05, 4.69) is 4.74 Å². The molecule has 1 atom stereocenters. The number of carbonyl (C=O) groups is 2. The topological polar surface area (TPSA) is 66.8 Å². The normalized spacial score (nSPS) is 17.3. The lowest BCUT2D eigenvalue weighted by atomic mass is 10.0. The molecule has 138 valence electrons. The van der Waals surface area contributed by atoms with Gasteiger partial charge >= 0.3 is 12.6 Å². The van der Waals surface area contributed by atoms with Crippen molar-refractivity contribution < 1.29 is 28.2 Å². The van der Waals surface area contributed by atoms with Crippen LogP contribution < -0.4 is 4.74 Å². The molecule has 2 aromatic rings. The van der Waals surface area contributed by atoms with Gasteiger partial charge in [-0.05, 0) is 61.2 Å². The maximum absolute atomic E-state index is 12.7. The quantitative estimate of drug-likeness (QED) is 0.847. The van der Waals surface area contributed by atoms with Crippen molar-refractivity contribution >= 4 is 23.2 Å². The Morgan fingerprint density at radius 3 is 2.54 bits per heavy atom. The van der Waals surface area contributed by atoms with E-state index >= 15 is 0 Å². The predicted molar refractivity (Wildman–Crippen MR) is 92.7 cm³/mol. The van der Waals surface area contributed by atoms with Crippen LogP contribution >= 0.6 is 11.3 Å². The molecule has 8 heteroatoms. The first-order valence-electron chi connectivity index (χ1n) is 8.14. The number of hydrogen-bond donors (Lipinski definition) is 1. The molecule has 1 fully saturated rings. The molecular formula is C18H17F2NO4S. The van der Waals surface area contributed by atoms with E-state index in [1.165, 1.54) is 28.4 Å². The van der Waals surface area contributed by atoms with Gasteiger partial charge in [0, 0.05) is 11.4 Å². The number of amides is 1. The Morgan fingerprint density at radius 1 is 1.15 bits per heavy atom. The molecular weight excluding hydrogens is 364 g/mol. The first-order chi connectivity index (χ1) is 12.5. The number of alkyl halides is 2. The molecule has 1 aliphatic rings. The van der Waals surface area contributed by atoms with Crippen LogP contribution in [-0.4, -0.2) is 41.1 Å². The number of nitrogens with zero attached hydrogens (tertiary/aromatic N) is 1. The van der Waals surface area contributed by atoms with Gasteiger partial charge < -0.3 is 14.7 Å². The SMILES string of the molecule is O=C(O)C1CCCCN1C(=O)c1ccc(-c2ccc(OC(F)F)cc2)s1. The van der Waals surface area contributed by atoms with Crippen LogP contribution in [-0.2, 0) is 4.79 Å². The number of rotatable bonds is 5. The van der Waals surface area contributed by atoms with Crippen LogP contribution in [0.2, 0.25) is 0 Å². The third-order valence-corrected chi connectivity index (χ3v) is 5.35. The molecule has 2 heterocycles. The minimum atomic E-state index is -2.88. The maximum atomic E-state index is 12.7. The first-order valence-corrected chi connectivity index (χ1v) is 8.96. The number of carbonyl (C=O) groups excluding carboxylic acids is 1. The number of piperidine rings is 1. The standard InChI is InChI=1S/C18H17F2NO4S/c19-18(20)25-12-6-4-11(5-7-12)14-8-9-15(26-14)16(22)21-10-2-1-3-13(21)17(23)24/h4-9,13,18H,1-3,10H2,(H,23,24). The number of hydrogen-bond acceptors (Lipinski definition) is 4. The lowest BCUT2D eigenvalue weighted by molar-refractivity contribution is -0.143. The molecule has 0 saturated carbocycles. The number of ether oxygens (including phenoxy) is 1. The van der Waals surface area contributed by atoms with Gasteiger partial charge in [0.05, 0.1) is 4.88 Å². The molecule has 0 bridgehead atoms. The molecule has 0 radical (unpaired) electrons. The Bertz CT molecular complexity index is 791. The van der Waals surface area contributed by atoms with E-state index in [9.17, 15) is 23.5 Å². The first kappa shape index (κ1) is 18.3. The van der Waals surface area contributed by atoms with Gasteiger partial charge in [-0.25, -0.2) is 4.79 Å². The highest BCUT2D eigenvalue weighted by atomic mass is 32.1. The average molecular weight is 381 g/mol. The third kappa shape index (κ3) is 4.01. The molecule has 0 spiro atoms. The summed E-state index contributed by atoms with van der Waals surface area (Å²) in [6.07, 6.45) is 2.05. The van der Waals surface area contributed by atoms with Gasteiger partial charge in [0.15, 0.2) is 0 Å². The van der Waals surface area contributed by atoms with Gasteiger partial charge in [-0.1, -0.05) is 0 Å². The zero-order valence-corrected chi connectivity index (χ0v) is 14.5. The van der Waals surface area contributed by atoms with Gasteiger partial charge in [-0.3, -0.25) is 4.79 Å². The summed E-state index contributed by atoms with van der Waals surface area (Å²) in [5.74, 6) is -1.20. The van der Waals surface area contributed by atoms with Gasteiger partial charge in [-0.15, -0.1) is 11.3 Å². The maximum Gasteiger partial charge on any atom is 0.387 e. The Kier molecular flexibility index (Phi) is 5.51. The molecule has 5 nitrogen and oxygen atoms in total. The van der Waals surface area contributed by atoms with E-state index < -0.39 is 18.6 Å². The summed E-state index contributed by atoms with van der Waals surface area (Å²) >= 11 is 1.25. The lowest BCUT2D eigenvalue weighted by Gasteiger charge is -2.32. The number of aliphatic carboxylic acids is 1. The minimum absolute atomic E-state index is 0.0641. The zero-order chi connectivity index (χ0) is 18.7. The fourth-order valence-corrected chi connectivity index (χ4v) is 3.95. The van der Waals surface area contributed by atoms with E-state index in [0.717, 1.165) is 23.3 Å². The monoisotopic (exact) mass is 381 g/mol. The smallest absolute Gasteiger partial charge is 0.387 e. The van der Waals surface area contributed by atoms with E-state index in [-0.39, 0.29) is 11.7 Å². The van der Waals surface area contributed by atoms with E-state index in [0.29, 0.717) is 17.8 Å². The van der Waals surface area contributed by atoms with Crippen molar-refractivity contribution in [2.45, 2.75) is 31.9 Å². The number of halogens is 2. The molecule has 1 aliphatic heterocycles. The summed E-state index contributed by atoms with van der Waals surface area (Å²) in [5, 5.41) is 9.32. The predicted octanol–water partition coefficient (Wildman–Crippen LogP) is 4.10. The van der Waals surface area contributed by atoms with Crippen molar-refractivity contribution in [3.63, 3.8) is 0 Å². The van der Waals surface area contributed by atoms with Crippen molar-refractivity contribution in [1.29, 1.82) is 0 Å². The molecule has 0 aliphatic carbocycles. The summed E-state index contributed by atoms with van der Waals surface area (Å²) in [6, 6.07) is 8.80. The Morgan fingerprint density at radius 2 is 1.88 bits per heavy atom. The van der Waals surface area contributed by atoms with Crippen molar-refractivity contribution in [2.75, 3.05) is 6.54 Å². The second-order valence-corrected chi connectivity index (χ2v) is 7.00. The van der Waals surface area contributed by atoms with Crippen LogP contribution in [0.25, 0.3) is 10.4 Å². The summed E-state index contributed by atoms with van der Waals surface area (Å²) in [6.45, 7) is -2.44. The number of likely N-dealkylation sites (tertiary alicyclic amines) is 1. The molecule has 3 rings (SSSR count). The molecule has 1 unspecified atom stereocenters. The highest BCUT2D eigenvalue weighted by Gasteiger charge is 2.33. The highest BCUT2D eigenvalue weighted by Crippen LogP contribution is 2.31. The van der Waals surface area contributed by atoms with Crippen LogP contribution in [0.5, 0.6) is 5.75 Å². The molecule has 1 aromatic carbocycles. The number of benzene rings is 1. The number of thiophene rings is 1.